The summed E-state index contributed by atoms with van der Waals surface area (Å²) in [5.74, 6) is -1.95. The fourth-order valence-electron chi connectivity index (χ4n) is 1.88. The van der Waals surface area contributed by atoms with E-state index in [-0.39, 0.29) is 22.1 Å². The minimum Gasteiger partial charge on any atom is -0.228 e. The number of rotatable bonds is 1. The molecule has 1 aromatic heterocycles. The lowest BCUT2D eigenvalue weighted by molar-refractivity contribution is 0.584. The Labute approximate surface area is 116 Å². The molecule has 3 rings (SSSR count). The molecule has 3 aromatic rings. The number of hydrogen-bond acceptors (Lipinski definition) is 2. The summed E-state index contributed by atoms with van der Waals surface area (Å²) in [6, 6.07) is 6.77. The van der Waals surface area contributed by atoms with Gasteiger partial charge in [-0.3, -0.25) is 0 Å². The van der Waals surface area contributed by atoms with Crippen LogP contribution in [0, 0.1) is 17.5 Å². The molecule has 0 saturated heterocycles. The smallest absolute Gasteiger partial charge is 0.161 e. The molecule has 0 atom stereocenters. The standard InChI is InChI=1S/C14H6ClF3N2/c15-13-11-2-1-8(16)6-12(11)19-14(20-13)7-3-9(17)5-10(18)4-7/h1-6H. The number of nitrogens with zero attached hydrogens (tertiary/aromatic N) is 2. The summed E-state index contributed by atoms with van der Waals surface area (Å²) in [6.45, 7) is 0. The summed E-state index contributed by atoms with van der Waals surface area (Å²) in [4.78, 5) is 8.06. The van der Waals surface area contributed by atoms with Crippen molar-refractivity contribution in [1.82, 2.24) is 9.97 Å². The SMILES string of the molecule is Fc1cc(F)cc(-c2nc(Cl)c3ccc(F)cc3n2)c1. The van der Waals surface area contributed by atoms with Crippen LogP contribution >= 0.6 is 11.6 Å². The normalized spacial score (nSPS) is 11.0. The molecule has 0 saturated carbocycles. The largest absolute Gasteiger partial charge is 0.228 e. The van der Waals surface area contributed by atoms with Crippen LogP contribution < -0.4 is 0 Å². The van der Waals surface area contributed by atoms with Gasteiger partial charge in [-0.2, -0.15) is 0 Å². The lowest BCUT2D eigenvalue weighted by atomic mass is 10.2. The van der Waals surface area contributed by atoms with E-state index in [4.69, 9.17) is 11.6 Å². The van der Waals surface area contributed by atoms with E-state index in [0.29, 0.717) is 5.39 Å². The molecule has 0 radical (unpaired) electrons. The van der Waals surface area contributed by atoms with Gasteiger partial charge >= 0.3 is 0 Å². The van der Waals surface area contributed by atoms with Gasteiger partial charge in [0.25, 0.3) is 0 Å². The average molecular weight is 295 g/mol. The molecule has 0 spiro atoms. The molecular formula is C14H6ClF3N2. The van der Waals surface area contributed by atoms with E-state index in [0.717, 1.165) is 18.2 Å². The summed E-state index contributed by atoms with van der Waals surface area (Å²) < 4.78 is 39.6. The Balaban J connectivity index is 2.26. The lowest BCUT2D eigenvalue weighted by Crippen LogP contribution is -1.94. The summed E-state index contributed by atoms with van der Waals surface area (Å²) >= 11 is 5.98. The molecule has 20 heavy (non-hydrogen) atoms. The van der Waals surface area contributed by atoms with Gasteiger partial charge in [-0.1, -0.05) is 11.6 Å². The van der Waals surface area contributed by atoms with Crippen LogP contribution in [0.15, 0.2) is 36.4 Å². The fraction of sp³-hybridized carbons (Fsp3) is 0. The van der Waals surface area contributed by atoms with E-state index in [1.807, 2.05) is 0 Å². The second-order valence-corrected chi connectivity index (χ2v) is 4.52. The molecule has 2 nitrogen and oxygen atoms in total. The predicted octanol–water partition coefficient (Wildman–Crippen LogP) is 4.37. The molecule has 1 heterocycles. The van der Waals surface area contributed by atoms with Crippen molar-refractivity contribution < 1.29 is 13.2 Å². The van der Waals surface area contributed by atoms with E-state index in [1.165, 1.54) is 18.2 Å². The Morgan fingerprint density at radius 3 is 2.20 bits per heavy atom. The Morgan fingerprint density at radius 2 is 1.50 bits per heavy atom. The summed E-state index contributed by atoms with van der Waals surface area (Å²) in [5, 5.41) is 0.559. The van der Waals surface area contributed by atoms with Gasteiger partial charge in [-0.05, 0) is 24.3 Å². The number of halogens is 4. The van der Waals surface area contributed by atoms with Gasteiger partial charge in [0.15, 0.2) is 5.82 Å². The molecule has 0 aliphatic rings. The van der Waals surface area contributed by atoms with Gasteiger partial charge in [0.1, 0.15) is 22.6 Å². The fourth-order valence-corrected chi connectivity index (χ4v) is 2.12. The summed E-state index contributed by atoms with van der Waals surface area (Å²) in [7, 11) is 0. The van der Waals surface area contributed by atoms with Crippen molar-refractivity contribution in [1.29, 1.82) is 0 Å². The average Bonchev–Trinajstić information content (AvgIpc) is 2.36. The number of benzene rings is 2. The van der Waals surface area contributed by atoms with E-state index in [9.17, 15) is 13.2 Å². The molecule has 0 aliphatic heterocycles. The molecule has 6 heteroatoms. The van der Waals surface area contributed by atoms with Crippen LogP contribution in [0.1, 0.15) is 0 Å². The molecule has 0 unspecified atom stereocenters. The van der Waals surface area contributed by atoms with Crippen LogP contribution in [0.25, 0.3) is 22.3 Å². The van der Waals surface area contributed by atoms with Gasteiger partial charge in [0, 0.05) is 23.1 Å². The number of aromatic nitrogens is 2. The van der Waals surface area contributed by atoms with Crippen LogP contribution in [0.3, 0.4) is 0 Å². The lowest BCUT2D eigenvalue weighted by Gasteiger charge is -2.05. The summed E-state index contributed by atoms with van der Waals surface area (Å²) in [5.41, 5.74) is 0.403. The highest BCUT2D eigenvalue weighted by Crippen LogP contribution is 2.26. The van der Waals surface area contributed by atoms with Crippen molar-refractivity contribution in [3.63, 3.8) is 0 Å². The van der Waals surface area contributed by atoms with Crippen molar-refractivity contribution in [2.45, 2.75) is 0 Å². The van der Waals surface area contributed by atoms with Crippen LogP contribution in [0.4, 0.5) is 13.2 Å². The molecular weight excluding hydrogens is 289 g/mol. The minimum atomic E-state index is -0.751. The third-order valence-corrected chi connectivity index (χ3v) is 3.02. The van der Waals surface area contributed by atoms with E-state index in [1.54, 1.807) is 0 Å². The maximum atomic E-state index is 13.2. The third kappa shape index (κ3) is 2.32. The van der Waals surface area contributed by atoms with Crippen LogP contribution in [-0.4, -0.2) is 9.97 Å². The van der Waals surface area contributed by atoms with Gasteiger partial charge in [-0.15, -0.1) is 0 Å². The maximum absolute atomic E-state index is 13.2. The van der Waals surface area contributed by atoms with Gasteiger partial charge in [0.2, 0.25) is 0 Å². The maximum Gasteiger partial charge on any atom is 0.161 e. The van der Waals surface area contributed by atoms with E-state index < -0.39 is 17.5 Å². The van der Waals surface area contributed by atoms with Crippen molar-refractivity contribution >= 4 is 22.5 Å². The zero-order valence-electron chi connectivity index (χ0n) is 9.87. The zero-order valence-corrected chi connectivity index (χ0v) is 10.6. The Morgan fingerprint density at radius 1 is 0.800 bits per heavy atom. The highest BCUT2D eigenvalue weighted by atomic mass is 35.5. The molecule has 0 N–H and O–H groups in total. The first-order valence-corrected chi connectivity index (χ1v) is 6.00. The first-order valence-electron chi connectivity index (χ1n) is 5.62. The Kier molecular flexibility index (Phi) is 3.06. The first-order chi connectivity index (χ1) is 9.52. The molecule has 100 valence electrons. The zero-order chi connectivity index (χ0) is 14.3. The molecule has 2 aromatic carbocycles. The second-order valence-electron chi connectivity index (χ2n) is 4.16. The van der Waals surface area contributed by atoms with Gasteiger partial charge < -0.3 is 0 Å². The third-order valence-electron chi connectivity index (χ3n) is 2.73. The highest BCUT2D eigenvalue weighted by molar-refractivity contribution is 6.34. The molecule has 0 aliphatic carbocycles. The predicted molar refractivity (Wildman–Crippen MR) is 69.9 cm³/mol. The van der Waals surface area contributed by atoms with E-state index in [2.05, 4.69) is 9.97 Å². The number of fused-ring (bicyclic) bond motifs is 1. The van der Waals surface area contributed by atoms with Crippen molar-refractivity contribution in [2.75, 3.05) is 0 Å². The Bertz CT molecular complexity index is 801. The van der Waals surface area contributed by atoms with Crippen molar-refractivity contribution in [3.05, 3.63) is 59.0 Å². The van der Waals surface area contributed by atoms with Crippen LogP contribution in [-0.2, 0) is 0 Å². The van der Waals surface area contributed by atoms with Crippen molar-refractivity contribution in [2.24, 2.45) is 0 Å². The number of hydrogen-bond donors (Lipinski definition) is 0. The van der Waals surface area contributed by atoms with Gasteiger partial charge in [0.05, 0.1) is 5.52 Å². The quantitative estimate of drug-likeness (QED) is 0.623. The van der Waals surface area contributed by atoms with Crippen molar-refractivity contribution in [3.8, 4) is 11.4 Å². The van der Waals surface area contributed by atoms with Gasteiger partial charge in [-0.25, -0.2) is 23.1 Å². The monoisotopic (exact) mass is 294 g/mol. The van der Waals surface area contributed by atoms with Crippen LogP contribution in [0.5, 0.6) is 0 Å². The highest BCUT2D eigenvalue weighted by Gasteiger charge is 2.10. The minimum absolute atomic E-state index is 0.0338. The van der Waals surface area contributed by atoms with Crippen LogP contribution in [0.2, 0.25) is 5.15 Å². The Hall–Kier alpha value is -2.14. The summed E-state index contributed by atoms with van der Waals surface area (Å²) in [6.07, 6.45) is 0. The first kappa shape index (κ1) is 12.9. The second kappa shape index (κ2) is 4.76. The molecule has 0 fully saturated rings. The molecule has 0 bridgehead atoms. The van der Waals surface area contributed by atoms with E-state index >= 15 is 0 Å². The molecule has 0 amide bonds. The topological polar surface area (TPSA) is 25.8 Å².